The van der Waals surface area contributed by atoms with E-state index in [1.54, 1.807) is 0 Å². The molecule has 1 aromatic carbocycles. The number of rotatable bonds is 3. The van der Waals surface area contributed by atoms with Gasteiger partial charge in [-0.25, -0.2) is 4.09 Å². The molecule has 0 unspecified atom stereocenters. The molecule has 0 saturated carbocycles. The minimum atomic E-state index is -0.295. The van der Waals surface area contributed by atoms with Gasteiger partial charge in [0.15, 0.2) is 5.78 Å². The average molecular weight is 451 g/mol. The summed E-state index contributed by atoms with van der Waals surface area (Å²) in [6.45, 7) is 12.1. The number of phenols is 1. The number of carbonyl (C=O) groups excluding carboxylic acids is 1. The Bertz CT molecular complexity index is 842. The molecule has 0 bridgehead atoms. The molecule has 148 valence electrons. The summed E-state index contributed by atoms with van der Waals surface area (Å²) in [6, 6.07) is 3.70. The first kappa shape index (κ1) is 22.4. The molecule has 3 nitrogen and oxygen atoms in total. The van der Waals surface area contributed by atoms with Crippen molar-refractivity contribution in [3.8, 4) is 5.75 Å². The van der Waals surface area contributed by atoms with Gasteiger partial charge in [0.1, 0.15) is 16.1 Å². The fraction of sp³-hybridized carbons (Fsp3) is 0.450. The lowest BCUT2D eigenvalue weighted by atomic mass is 9.78. The Morgan fingerprint density at radius 2 is 1.41 bits per heavy atom. The Morgan fingerprint density at radius 3 is 1.74 bits per heavy atom. The second kappa shape index (κ2) is 7.51. The molecule has 0 aliphatic carbocycles. The lowest BCUT2D eigenvalue weighted by Gasteiger charge is -2.28. The highest BCUT2D eigenvalue weighted by Crippen LogP contribution is 2.41. The Balaban J connectivity index is 2.57. The van der Waals surface area contributed by atoms with Crippen molar-refractivity contribution in [2.24, 2.45) is 0 Å². The van der Waals surface area contributed by atoms with Crippen LogP contribution in [0.5, 0.6) is 5.75 Å². The summed E-state index contributed by atoms with van der Waals surface area (Å²) in [4.78, 5) is 12.9. The van der Waals surface area contributed by atoms with Crippen LogP contribution >= 0.6 is 46.6 Å². The van der Waals surface area contributed by atoms with Crippen molar-refractivity contribution in [1.29, 1.82) is 0 Å². The van der Waals surface area contributed by atoms with Gasteiger partial charge >= 0.3 is 0 Å². The molecule has 1 aromatic heterocycles. The zero-order valence-corrected chi connectivity index (χ0v) is 19.2. The van der Waals surface area contributed by atoms with Gasteiger partial charge in [0.2, 0.25) is 0 Å². The third-order valence-corrected chi connectivity index (χ3v) is 6.07. The Labute approximate surface area is 180 Å². The van der Waals surface area contributed by atoms with Crippen LogP contribution in [0.3, 0.4) is 0 Å². The molecule has 0 saturated heterocycles. The molecule has 0 amide bonds. The SMILES string of the molecule is CC(C)(C)c1cc(CC(=O)c2c(Cl)c(Cl)n(Cl)c2Cl)cc(C(C)(C)C)c1O. The third-order valence-electron chi connectivity index (χ3n) is 4.38. The number of aromatic hydroxyl groups is 1. The molecule has 0 radical (unpaired) electrons. The number of ketones is 1. The minimum Gasteiger partial charge on any atom is -0.507 e. The number of carbonyl (C=O) groups is 1. The van der Waals surface area contributed by atoms with E-state index in [4.69, 9.17) is 46.6 Å². The smallest absolute Gasteiger partial charge is 0.171 e. The summed E-state index contributed by atoms with van der Waals surface area (Å²) >= 11 is 24.1. The van der Waals surface area contributed by atoms with Crippen LogP contribution in [0.25, 0.3) is 0 Å². The number of phenolic OH excluding ortho intramolecular Hbond substituents is 1. The molecule has 7 heteroatoms. The van der Waals surface area contributed by atoms with Crippen molar-refractivity contribution < 1.29 is 9.90 Å². The monoisotopic (exact) mass is 449 g/mol. The minimum absolute atomic E-state index is 0.00292. The van der Waals surface area contributed by atoms with Crippen LogP contribution in [-0.4, -0.2) is 15.0 Å². The number of hydrogen-bond acceptors (Lipinski definition) is 2. The molecule has 2 rings (SSSR count). The van der Waals surface area contributed by atoms with E-state index in [0.717, 1.165) is 20.8 Å². The molecular formula is C20H23Cl4NO2. The highest BCUT2D eigenvalue weighted by atomic mass is 35.5. The summed E-state index contributed by atoms with van der Waals surface area (Å²) in [5, 5.41) is 10.8. The van der Waals surface area contributed by atoms with Crippen LogP contribution in [0.15, 0.2) is 12.1 Å². The number of halogens is 4. The van der Waals surface area contributed by atoms with Gasteiger partial charge in [-0.15, -0.1) is 0 Å². The number of aromatic nitrogens is 1. The highest BCUT2D eigenvalue weighted by Gasteiger charge is 2.28. The van der Waals surface area contributed by atoms with Gasteiger partial charge in [-0.1, -0.05) is 88.5 Å². The molecule has 0 fully saturated rings. The van der Waals surface area contributed by atoms with E-state index >= 15 is 0 Å². The van der Waals surface area contributed by atoms with Crippen molar-refractivity contribution in [2.75, 3.05) is 0 Å². The van der Waals surface area contributed by atoms with Crippen LogP contribution in [0, 0.1) is 0 Å². The highest BCUT2D eigenvalue weighted by molar-refractivity contribution is 6.49. The van der Waals surface area contributed by atoms with Gasteiger partial charge in [0, 0.05) is 18.2 Å². The second-order valence-corrected chi connectivity index (χ2v) is 10.1. The molecule has 1 heterocycles. The van der Waals surface area contributed by atoms with E-state index < -0.39 is 0 Å². The normalized spacial score (nSPS) is 12.5. The van der Waals surface area contributed by atoms with Crippen molar-refractivity contribution in [3.05, 3.63) is 49.7 Å². The summed E-state index contributed by atoms with van der Waals surface area (Å²) in [6.07, 6.45) is 0.0586. The van der Waals surface area contributed by atoms with Crippen molar-refractivity contribution in [3.63, 3.8) is 0 Å². The average Bonchev–Trinajstić information content (AvgIpc) is 2.70. The number of nitrogens with zero attached hydrogens (tertiary/aromatic N) is 1. The van der Waals surface area contributed by atoms with E-state index in [9.17, 15) is 9.90 Å². The van der Waals surface area contributed by atoms with Crippen LogP contribution in [0.1, 0.15) is 68.6 Å². The Kier molecular flexibility index (Phi) is 6.24. The van der Waals surface area contributed by atoms with Crippen LogP contribution < -0.4 is 0 Å². The molecule has 0 aliphatic heterocycles. The maximum atomic E-state index is 12.9. The molecule has 0 spiro atoms. The lowest BCUT2D eigenvalue weighted by molar-refractivity contribution is 0.0993. The van der Waals surface area contributed by atoms with Gasteiger partial charge in [0.25, 0.3) is 0 Å². The van der Waals surface area contributed by atoms with Gasteiger partial charge in [-0.2, -0.15) is 0 Å². The van der Waals surface area contributed by atoms with E-state index in [1.807, 2.05) is 53.7 Å². The lowest BCUT2D eigenvalue weighted by Crippen LogP contribution is -2.18. The van der Waals surface area contributed by atoms with Gasteiger partial charge in [-0.3, -0.25) is 4.79 Å². The number of Topliss-reactive ketones (excluding diaryl/α,β-unsaturated/α-hetero) is 1. The maximum Gasteiger partial charge on any atom is 0.171 e. The fourth-order valence-electron chi connectivity index (χ4n) is 2.92. The second-order valence-electron chi connectivity index (χ2n) is 8.69. The molecule has 1 N–H and O–H groups in total. The molecule has 2 aromatic rings. The van der Waals surface area contributed by atoms with Crippen molar-refractivity contribution >= 4 is 52.4 Å². The quantitative estimate of drug-likeness (QED) is 0.503. The van der Waals surface area contributed by atoms with Gasteiger partial charge < -0.3 is 5.11 Å². The molecule has 0 atom stereocenters. The van der Waals surface area contributed by atoms with E-state index in [-0.39, 0.29) is 49.7 Å². The molecule has 0 aliphatic rings. The third kappa shape index (κ3) is 4.42. The van der Waals surface area contributed by atoms with Crippen molar-refractivity contribution in [1.82, 2.24) is 4.09 Å². The first-order valence-electron chi connectivity index (χ1n) is 8.47. The first-order chi connectivity index (χ1) is 12.2. The predicted molar refractivity (Wildman–Crippen MR) is 114 cm³/mol. The van der Waals surface area contributed by atoms with Crippen LogP contribution in [-0.2, 0) is 17.3 Å². The molecular weight excluding hydrogens is 428 g/mol. The van der Waals surface area contributed by atoms with Crippen LogP contribution in [0.2, 0.25) is 15.3 Å². The van der Waals surface area contributed by atoms with E-state index in [1.165, 1.54) is 0 Å². The Morgan fingerprint density at radius 1 is 0.963 bits per heavy atom. The summed E-state index contributed by atoms with van der Waals surface area (Å²) in [5.41, 5.74) is 1.84. The largest absolute Gasteiger partial charge is 0.507 e. The molecule has 27 heavy (non-hydrogen) atoms. The summed E-state index contributed by atoms with van der Waals surface area (Å²) in [7, 11) is 0. The number of hydrogen-bond donors (Lipinski definition) is 1. The van der Waals surface area contributed by atoms with Gasteiger partial charge in [-0.05, 0) is 27.5 Å². The topological polar surface area (TPSA) is 42.2 Å². The standard InChI is InChI=1S/C20H23Cl4NO2/c1-19(2,3)11-7-10(8-12(16(11)27)20(4,5)6)9-13(26)14-15(21)18(23)25(24)17(14)22/h7-8,27H,9H2,1-6H3. The van der Waals surface area contributed by atoms with Crippen molar-refractivity contribution in [2.45, 2.75) is 58.8 Å². The van der Waals surface area contributed by atoms with E-state index in [2.05, 4.69) is 0 Å². The fourth-order valence-corrected chi connectivity index (χ4v) is 3.96. The number of benzene rings is 1. The van der Waals surface area contributed by atoms with E-state index in [0.29, 0.717) is 0 Å². The maximum absolute atomic E-state index is 12.9. The zero-order chi connectivity index (χ0) is 20.9. The summed E-state index contributed by atoms with van der Waals surface area (Å²) < 4.78 is 0.955. The van der Waals surface area contributed by atoms with Gasteiger partial charge in [0.05, 0.1) is 10.6 Å². The zero-order valence-electron chi connectivity index (χ0n) is 16.2. The first-order valence-corrected chi connectivity index (χ1v) is 9.94. The Hall–Kier alpha value is -0.870. The predicted octanol–water partition coefficient (Wildman–Crippen LogP) is 7.18. The van der Waals surface area contributed by atoms with Crippen LogP contribution in [0.4, 0.5) is 0 Å². The summed E-state index contributed by atoms with van der Waals surface area (Å²) in [5.74, 6) is -0.0334.